The second kappa shape index (κ2) is 9.11. The SMILES string of the molecule is CN(CCOc1ccc(-c2cc(Cc3nn[nH]n3)[nH]n2)cc1)Cc1ccccc1. The van der Waals surface area contributed by atoms with Gasteiger partial charge in [-0.1, -0.05) is 35.5 Å². The Hall–Kier alpha value is -3.52. The maximum atomic E-state index is 5.88. The highest BCUT2D eigenvalue weighted by Crippen LogP contribution is 2.22. The van der Waals surface area contributed by atoms with Crippen LogP contribution in [0.3, 0.4) is 0 Å². The van der Waals surface area contributed by atoms with Crippen LogP contribution in [-0.4, -0.2) is 55.9 Å². The molecule has 0 aliphatic heterocycles. The summed E-state index contributed by atoms with van der Waals surface area (Å²) in [5.74, 6) is 1.48. The van der Waals surface area contributed by atoms with Crippen LogP contribution < -0.4 is 4.74 Å². The van der Waals surface area contributed by atoms with Gasteiger partial charge in [0.2, 0.25) is 0 Å². The van der Waals surface area contributed by atoms with E-state index in [0.717, 1.165) is 35.8 Å². The summed E-state index contributed by atoms with van der Waals surface area (Å²) in [6.07, 6.45) is 0.557. The Morgan fingerprint density at radius 2 is 1.83 bits per heavy atom. The molecule has 29 heavy (non-hydrogen) atoms. The van der Waals surface area contributed by atoms with Gasteiger partial charge in [-0.15, -0.1) is 10.2 Å². The molecule has 0 aliphatic carbocycles. The molecule has 0 saturated heterocycles. The van der Waals surface area contributed by atoms with Crippen LogP contribution in [0.15, 0.2) is 60.7 Å². The van der Waals surface area contributed by atoms with Crippen LogP contribution in [0.4, 0.5) is 0 Å². The molecule has 0 radical (unpaired) electrons. The zero-order valence-electron chi connectivity index (χ0n) is 16.2. The molecule has 0 fully saturated rings. The molecule has 0 unspecified atom stereocenters. The molecule has 0 bridgehead atoms. The summed E-state index contributed by atoms with van der Waals surface area (Å²) in [6, 6.07) is 20.4. The number of nitrogens with one attached hydrogen (secondary N) is 2. The Morgan fingerprint density at radius 1 is 1.00 bits per heavy atom. The molecule has 2 aromatic heterocycles. The number of aromatic amines is 2. The van der Waals surface area contributed by atoms with Gasteiger partial charge in [0, 0.05) is 24.3 Å². The number of rotatable bonds is 9. The van der Waals surface area contributed by atoms with Crippen molar-refractivity contribution in [1.29, 1.82) is 0 Å². The van der Waals surface area contributed by atoms with Crippen LogP contribution >= 0.6 is 0 Å². The molecule has 2 aromatic carbocycles. The van der Waals surface area contributed by atoms with Crippen molar-refractivity contribution < 1.29 is 4.74 Å². The Morgan fingerprint density at radius 3 is 2.59 bits per heavy atom. The zero-order valence-corrected chi connectivity index (χ0v) is 16.2. The molecule has 4 rings (SSSR count). The van der Waals surface area contributed by atoms with Crippen molar-refractivity contribution in [2.45, 2.75) is 13.0 Å². The molecule has 0 atom stereocenters. The normalized spacial score (nSPS) is 11.1. The minimum Gasteiger partial charge on any atom is -0.492 e. The minimum absolute atomic E-state index is 0.557. The van der Waals surface area contributed by atoms with E-state index in [9.17, 15) is 0 Å². The van der Waals surface area contributed by atoms with Crippen LogP contribution in [-0.2, 0) is 13.0 Å². The molecule has 0 saturated carbocycles. The summed E-state index contributed by atoms with van der Waals surface area (Å²) in [6.45, 7) is 2.41. The molecular weight excluding hydrogens is 366 g/mol. The number of likely N-dealkylation sites (N-methyl/N-ethyl adjacent to an activating group) is 1. The van der Waals surface area contributed by atoms with Gasteiger partial charge in [-0.2, -0.15) is 10.3 Å². The summed E-state index contributed by atoms with van der Waals surface area (Å²) in [5, 5.41) is 21.3. The van der Waals surface area contributed by atoms with E-state index in [4.69, 9.17) is 4.74 Å². The predicted molar refractivity (Wildman–Crippen MR) is 109 cm³/mol. The number of tetrazole rings is 1. The van der Waals surface area contributed by atoms with Crippen molar-refractivity contribution in [2.75, 3.05) is 20.2 Å². The number of hydrogen-bond donors (Lipinski definition) is 2. The Bertz CT molecular complexity index is 997. The van der Waals surface area contributed by atoms with Gasteiger partial charge in [0.1, 0.15) is 12.4 Å². The third-order valence-electron chi connectivity index (χ3n) is 4.56. The highest BCUT2D eigenvalue weighted by molar-refractivity contribution is 5.60. The standard InChI is InChI=1S/C21H23N7O/c1-28(15-16-5-3-2-4-6-16)11-12-29-19-9-7-17(8-10-19)20-13-18(22-23-20)14-21-24-26-27-25-21/h2-10,13H,11-12,14-15H2,1H3,(H,22,23)(H,24,25,26,27). The van der Waals surface area contributed by atoms with E-state index in [1.165, 1.54) is 5.56 Å². The zero-order chi connectivity index (χ0) is 19.9. The first kappa shape index (κ1) is 18.8. The summed E-state index contributed by atoms with van der Waals surface area (Å²) in [5.41, 5.74) is 4.13. The van der Waals surface area contributed by atoms with Gasteiger partial charge in [-0.25, -0.2) is 0 Å². The quantitative estimate of drug-likeness (QED) is 0.457. The largest absolute Gasteiger partial charge is 0.492 e. The van der Waals surface area contributed by atoms with Crippen LogP contribution in [0.25, 0.3) is 11.3 Å². The van der Waals surface area contributed by atoms with Crippen molar-refractivity contribution >= 4 is 0 Å². The second-order valence-corrected chi connectivity index (χ2v) is 6.88. The lowest BCUT2D eigenvalue weighted by molar-refractivity contribution is 0.233. The number of hydrogen-bond acceptors (Lipinski definition) is 6. The first-order valence-electron chi connectivity index (χ1n) is 9.48. The molecule has 148 valence electrons. The van der Waals surface area contributed by atoms with Gasteiger partial charge in [0.05, 0.1) is 12.1 Å². The molecule has 0 aliphatic rings. The fourth-order valence-electron chi connectivity index (χ4n) is 3.04. The van der Waals surface area contributed by atoms with Gasteiger partial charge >= 0.3 is 0 Å². The number of aromatic nitrogens is 6. The fourth-order valence-corrected chi connectivity index (χ4v) is 3.04. The molecule has 0 spiro atoms. The smallest absolute Gasteiger partial charge is 0.180 e. The molecule has 0 amide bonds. The Kier molecular flexibility index (Phi) is 5.92. The lowest BCUT2D eigenvalue weighted by Gasteiger charge is -2.17. The Labute approximate surface area is 168 Å². The van der Waals surface area contributed by atoms with E-state index in [0.29, 0.717) is 18.9 Å². The van der Waals surface area contributed by atoms with Crippen LogP contribution in [0.2, 0.25) is 0 Å². The lowest BCUT2D eigenvalue weighted by Crippen LogP contribution is -2.23. The summed E-state index contributed by atoms with van der Waals surface area (Å²) < 4.78 is 5.88. The van der Waals surface area contributed by atoms with E-state index >= 15 is 0 Å². The van der Waals surface area contributed by atoms with Crippen molar-refractivity contribution in [3.63, 3.8) is 0 Å². The van der Waals surface area contributed by atoms with E-state index in [2.05, 4.69) is 67.0 Å². The van der Waals surface area contributed by atoms with Gasteiger partial charge in [-0.3, -0.25) is 10.00 Å². The third-order valence-corrected chi connectivity index (χ3v) is 4.56. The highest BCUT2D eigenvalue weighted by Gasteiger charge is 2.08. The molecular formula is C21H23N7O. The van der Waals surface area contributed by atoms with Gasteiger partial charge in [0.15, 0.2) is 5.82 Å². The highest BCUT2D eigenvalue weighted by atomic mass is 16.5. The van der Waals surface area contributed by atoms with Crippen LogP contribution in [0, 0.1) is 0 Å². The average molecular weight is 389 g/mol. The fraction of sp³-hybridized carbons (Fsp3) is 0.238. The maximum absolute atomic E-state index is 5.88. The van der Waals surface area contributed by atoms with E-state index in [1.807, 2.05) is 36.4 Å². The monoisotopic (exact) mass is 389 g/mol. The van der Waals surface area contributed by atoms with Gasteiger partial charge in [-0.05, 0) is 42.9 Å². The van der Waals surface area contributed by atoms with Crippen molar-refractivity contribution in [3.05, 3.63) is 77.7 Å². The number of ether oxygens (including phenoxy) is 1. The molecule has 8 nitrogen and oxygen atoms in total. The van der Waals surface area contributed by atoms with Gasteiger partial charge < -0.3 is 4.74 Å². The topological polar surface area (TPSA) is 95.6 Å². The third kappa shape index (κ3) is 5.26. The molecule has 2 heterocycles. The summed E-state index contributed by atoms with van der Waals surface area (Å²) in [4.78, 5) is 2.25. The molecule has 8 heteroatoms. The average Bonchev–Trinajstić information content (AvgIpc) is 3.42. The van der Waals surface area contributed by atoms with Crippen LogP contribution in [0.1, 0.15) is 17.1 Å². The second-order valence-electron chi connectivity index (χ2n) is 6.88. The predicted octanol–water partition coefficient (Wildman–Crippen LogP) is 2.69. The number of H-pyrrole nitrogens is 2. The van der Waals surface area contributed by atoms with E-state index in [-0.39, 0.29) is 0 Å². The molecule has 4 aromatic rings. The first-order valence-corrected chi connectivity index (χ1v) is 9.48. The van der Waals surface area contributed by atoms with Crippen LogP contribution in [0.5, 0.6) is 5.75 Å². The lowest BCUT2D eigenvalue weighted by atomic mass is 10.1. The summed E-state index contributed by atoms with van der Waals surface area (Å²) >= 11 is 0. The van der Waals surface area contributed by atoms with Crippen molar-refractivity contribution in [1.82, 2.24) is 35.7 Å². The molecule has 2 N–H and O–H groups in total. The van der Waals surface area contributed by atoms with Gasteiger partial charge in [0.25, 0.3) is 0 Å². The minimum atomic E-state index is 0.557. The van der Waals surface area contributed by atoms with Crippen molar-refractivity contribution in [2.24, 2.45) is 0 Å². The summed E-state index contributed by atoms with van der Waals surface area (Å²) in [7, 11) is 2.10. The van der Waals surface area contributed by atoms with E-state index in [1.54, 1.807) is 0 Å². The van der Waals surface area contributed by atoms with E-state index < -0.39 is 0 Å². The first-order chi connectivity index (χ1) is 14.3. The number of nitrogens with zero attached hydrogens (tertiary/aromatic N) is 5. The Balaban J connectivity index is 1.26. The maximum Gasteiger partial charge on any atom is 0.180 e. The number of benzene rings is 2. The van der Waals surface area contributed by atoms with Crippen molar-refractivity contribution in [3.8, 4) is 17.0 Å².